The third-order valence-electron chi connectivity index (χ3n) is 3.08. The van der Waals surface area contributed by atoms with E-state index < -0.39 is 47.2 Å². The zero-order chi connectivity index (χ0) is 19.1. The molecule has 0 aliphatic carbocycles. The molecule has 0 unspecified atom stereocenters. The Morgan fingerprint density at radius 1 is 0.769 bits per heavy atom. The number of halogens is 5. The van der Waals surface area contributed by atoms with Gasteiger partial charge in [-0.25, -0.2) is 13.2 Å². The van der Waals surface area contributed by atoms with Gasteiger partial charge in [-0.05, 0) is 12.1 Å². The van der Waals surface area contributed by atoms with Gasteiger partial charge in [-0.2, -0.15) is 8.78 Å². The molecule has 0 N–H and O–H groups in total. The predicted molar refractivity (Wildman–Crippen MR) is 79.2 cm³/mol. The molecule has 26 heavy (non-hydrogen) atoms. The highest BCUT2D eigenvalue weighted by Gasteiger charge is 2.28. The van der Waals surface area contributed by atoms with Crippen LogP contribution in [0.5, 0.6) is 11.5 Å². The SMILES string of the molecule is O=C(CCOCCOc1ccccc1)Oc1c(F)c(F)c(F)c(F)c1F. The molecular weight excluding hydrogens is 363 g/mol. The Morgan fingerprint density at radius 2 is 1.35 bits per heavy atom. The summed E-state index contributed by atoms with van der Waals surface area (Å²) in [5.41, 5.74) is 0. The van der Waals surface area contributed by atoms with E-state index in [-0.39, 0.29) is 19.8 Å². The van der Waals surface area contributed by atoms with Gasteiger partial charge in [0.05, 0.1) is 19.6 Å². The van der Waals surface area contributed by atoms with E-state index in [1.165, 1.54) is 0 Å². The summed E-state index contributed by atoms with van der Waals surface area (Å²) < 4.78 is 80.2. The van der Waals surface area contributed by atoms with E-state index in [1.54, 1.807) is 24.3 Å². The molecule has 0 radical (unpaired) electrons. The molecule has 0 saturated heterocycles. The first-order chi connectivity index (χ1) is 12.4. The number of ether oxygens (including phenoxy) is 3. The molecule has 0 amide bonds. The van der Waals surface area contributed by atoms with Gasteiger partial charge in [0.2, 0.25) is 34.8 Å². The van der Waals surface area contributed by atoms with E-state index in [0.29, 0.717) is 5.75 Å². The van der Waals surface area contributed by atoms with Crippen LogP contribution in [-0.2, 0) is 9.53 Å². The summed E-state index contributed by atoms with van der Waals surface area (Å²) in [6, 6.07) is 8.86. The number of carbonyl (C=O) groups excluding carboxylic acids is 1. The molecule has 0 aromatic heterocycles. The summed E-state index contributed by atoms with van der Waals surface area (Å²) in [6.07, 6.45) is -0.454. The number of para-hydroxylation sites is 1. The maximum atomic E-state index is 13.4. The van der Waals surface area contributed by atoms with Crippen LogP contribution < -0.4 is 9.47 Å². The van der Waals surface area contributed by atoms with Crippen molar-refractivity contribution in [2.75, 3.05) is 19.8 Å². The third kappa shape index (κ3) is 4.92. The second kappa shape index (κ2) is 9.14. The summed E-state index contributed by atoms with van der Waals surface area (Å²) in [4.78, 5) is 11.5. The Kier molecular flexibility index (Phi) is 6.90. The minimum Gasteiger partial charge on any atom is -0.491 e. The molecule has 0 spiro atoms. The van der Waals surface area contributed by atoms with Crippen molar-refractivity contribution in [3.05, 3.63) is 59.4 Å². The van der Waals surface area contributed by atoms with Gasteiger partial charge in [0.1, 0.15) is 12.4 Å². The average molecular weight is 376 g/mol. The maximum absolute atomic E-state index is 13.4. The topological polar surface area (TPSA) is 44.8 Å². The zero-order valence-corrected chi connectivity index (χ0v) is 13.2. The lowest BCUT2D eigenvalue weighted by Gasteiger charge is -2.09. The predicted octanol–water partition coefficient (Wildman–Crippen LogP) is 3.77. The monoisotopic (exact) mass is 376 g/mol. The van der Waals surface area contributed by atoms with Crippen molar-refractivity contribution in [2.24, 2.45) is 0 Å². The van der Waals surface area contributed by atoms with Crippen LogP contribution in [0.4, 0.5) is 22.0 Å². The molecule has 0 fully saturated rings. The summed E-state index contributed by atoms with van der Waals surface area (Å²) in [5, 5.41) is 0. The molecule has 0 aliphatic heterocycles. The molecule has 2 rings (SSSR count). The van der Waals surface area contributed by atoms with Gasteiger partial charge < -0.3 is 14.2 Å². The smallest absolute Gasteiger partial charge is 0.313 e. The van der Waals surface area contributed by atoms with Crippen LogP contribution in [0.2, 0.25) is 0 Å². The quantitative estimate of drug-likeness (QED) is 0.176. The Hall–Kier alpha value is -2.68. The molecule has 9 heteroatoms. The van der Waals surface area contributed by atoms with Crippen molar-refractivity contribution >= 4 is 5.97 Å². The fourth-order valence-electron chi connectivity index (χ4n) is 1.83. The first-order valence-corrected chi connectivity index (χ1v) is 7.39. The number of hydrogen-bond donors (Lipinski definition) is 0. The van der Waals surface area contributed by atoms with Crippen LogP contribution in [0.3, 0.4) is 0 Å². The summed E-state index contributed by atoms with van der Waals surface area (Å²) in [7, 11) is 0. The highest BCUT2D eigenvalue weighted by atomic mass is 19.2. The van der Waals surface area contributed by atoms with E-state index in [1.807, 2.05) is 6.07 Å². The molecule has 0 heterocycles. The Balaban J connectivity index is 1.76. The van der Waals surface area contributed by atoms with Crippen LogP contribution in [0.1, 0.15) is 6.42 Å². The van der Waals surface area contributed by atoms with Crippen LogP contribution in [0.15, 0.2) is 30.3 Å². The Morgan fingerprint density at radius 3 is 1.96 bits per heavy atom. The van der Waals surface area contributed by atoms with Gasteiger partial charge in [0.15, 0.2) is 0 Å². The molecule has 4 nitrogen and oxygen atoms in total. The van der Waals surface area contributed by atoms with Gasteiger partial charge in [-0.3, -0.25) is 4.79 Å². The lowest BCUT2D eigenvalue weighted by molar-refractivity contribution is -0.136. The second-order valence-corrected chi connectivity index (χ2v) is 4.90. The minimum atomic E-state index is -2.33. The van der Waals surface area contributed by atoms with Crippen LogP contribution in [0.25, 0.3) is 0 Å². The lowest BCUT2D eigenvalue weighted by atomic mass is 10.2. The molecule has 2 aromatic carbocycles. The number of hydrogen-bond acceptors (Lipinski definition) is 4. The van der Waals surface area contributed by atoms with Gasteiger partial charge >= 0.3 is 5.97 Å². The molecule has 0 aliphatic rings. The fourth-order valence-corrected chi connectivity index (χ4v) is 1.83. The number of benzene rings is 2. The first kappa shape index (κ1) is 19.6. The second-order valence-electron chi connectivity index (χ2n) is 4.90. The van der Waals surface area contributed by atoms with E-state index in [2.05, 4.69) is 4.74 Å². The zero-order valence-electron chi connectivity index (χ0n) is 13.2. The summed E-state index contributed by atoms with van der Waals surface area (Å²) >= 11 is 0. The number of rotatable bonds is 8. The first-order valence-electron chi connectivity index (χ1n) is 7.39. The van der Waals surface area contributed by atoms with Crippen LogP contribution in [0, 0.1) is 29.1 Å². The van der Waals surface area contributed by atoms with E-state index in [0.717, 1.165) is 0 Å². The summed E-state index contributed by atoms with van der Waals surface area (Å²) in [5.74, 6) is -13.4. The lowest BCUT2D eigenvalue weighted by Crippen LogP contribution is -2.16. The maximum Gasteiger partial charge on any atom is 0.313 e. The van der Waals surface area contributed by atoms with Crippen molar-refractivity contribution in [3.63, 3.8) is 0 Å². The largest absolute Gasteiger partial charge is 0.491 e. The van der Waals surface area contributed by atoms with Gasteiger partial charge in [-0.15, -0.1) is 0 Å². The molecule has 140 valence electrons. The Labute approximate surface area is 145 Å². The molecule has 0 bridgehead atoms. The number of esters is 1. The van der Waals surface area contributed by atoms with Gasteiger partial charge in [-0.1, -0.05) is 18.2 Å². The van der Waals surface area contributed by atoms with Crippen molar-refractivity contribution in [1.82, 2.24) is 0 Å². The van der Waals surface area contributed by atoms with Crippen molar-refractivity contribution in [1.29, 1.82) is 0 Å². The summed E-state index contributed by atoms with van der Waals surface area (Å²) in [6.45, 7) is 0.119. The van der Waals surface area contributed by atoms with Crippen molar-refractivity contribution in [2.45, 2.75) is 6.42 Å². The average Bonchev–Trinajstić information content (AvgIpc) is 2.65. The van der Waals surface area contributed by atoms with E-state index in [4.69, 9.17) is 9.47 Å². The molecule has 2 aromatic rings. The normalized spacial score (nSPS) is 10.7. The minimum absolute atomic E-state index is 0.116. The Bertz CT molecular complexity index is 738. The highest BCUT2D eigenvalue weighted by molar-refractivity contribution is 5.72. The van der Waals surface area contributed by atoms with Crippen molar-refractivity contribution in [3.8, 4) is 11.5 Å². The highest BCUT2D eigenvalue weighted by Crippen LogP contribution is 2.29. The van der Waals surface area contributed by atoms with E-state index >= 15 is 0 Å². The molecule has 0 saturated carbocycles. The van der Waals surface area contributed by atoms with Crippen molar-refractivity contribution < 1.29 is 41.0 Å². The fraction of sp³-hybridized carbons (Fsp3) is 0.235. The third-order valence-corrected chi connectivity index (χ3v) is 3.08. The molecular formula is C17H13F5O4. The van der Waals surface area contributed by atoms with Crippen LogP contribution >= 0.6 is 0 Å². The van der Waals surface area contributed by atoms with Gasteiger partial charge in [0, 0.05) is 0 Å². The van der Waals surface area contributed by atoms with E-state index in [9.17, 15) is 26.7 Å². The van der Waals surface area contributed by atoms with Gasteiger partial charge in [0.25, 0.3) is 0 Å². The number of carbonyl (C=O) groups is 1. The standard InChI is InChI=1S/C17H13F5O4/c18-12-13(19)15(21)17(16(22)14(12)20)26-11(23)6-7-24-8-9-25-10-4-2-1-3-5-10/h1-5H,6-9H2. The van der Waals surface area contributed by atoms with Crippen LogP contribution in [-0.4, -0.2) is 25.8 Å². The molecule has 0 atom stereocenters.